The molecule has 0 amide bonds. The molecule has 0 spiro atoms. The molecule has 1 fully saturated rings. The summed E-state index contributed by atoms with van der Waals surface area (Å²) in [5.41, 5.74) is 1.09. The van der Waals surface area contributed by atoms with Crippen molar-refractivity contribution in [1.29, 1.82) is 0 Å². The van der Waals surface area contributed by atoms with Gasteiger partial charge in [-0.3, -0.25) is 0 Å². The summed E-state index contributed by atoms with van der Waals surface area (Å²) in [6.07, 6.45) is 2.81. The average molecular weight is 262 g/mol. The summed E-state index contributed by atoms with van der Waals surface area (Å²) < 4.78 is 7.14. The molecule has 0 radical (unpaired) electrons. The number of aromatic nitrogens is 1. The van der Waals surface area contributed by atoms with Crippen LogP contribution in [0.3, 0.4) is 0 Å². The molecule has 1 N–H and O–H groups in total. The highest BCUT2D eigenvalue weighted by Gasteiger charge is 2.29. The van der Waals surface area contributed by atoms with Gasteiger partial charge in [-0.1, -0.05) is 12.1 Å². The maximum Gasteiger partial charge on any atom is 0.120 e. The Bertz CT molecular complexity index is 486. The highest BCUT2D eigenvalue weighted by Crippen LogP contribution is 2.31. The number of hydrogen-bond donors (Lipinski definition) is 1. The monoisotopic (exact) mass is 262 g/mol. The Labute approximate surface area is 111 Å². The van der Waals surface area contributed by atoms with E-state index < -0.39 is 0 Å². The van der Waals surface area contributed by atoms with E-state index in [1.807, 2.05) is 13.1 Å². The predicted molar refractivity (Wildman–Crippen MR) is 74.8 cm³/mol. The minimum Gasteiger partial charge on any atom is -0.371 e. The molecular weight excluding hydrogens is 244 g/mol. The SMILES string of the molecule is CNCC1CC(OCc2nc3ccccc3s2)C1. The first-order valence-corrected chi connectivity index (χ1v) is 7.27. The van der Waals surface area contributed by atoms with Crippen molar-refractivity contribution in [2.75, 3.05) is 13.6 Å². The molecule has 0 saturated heterocycles. The lowest BCUT2D eigenvalue weighted by Crippen LogP contribution is -2.36. The third-order valence-corrected chi connectivity index (χ3v) is 4.48. The molecule has 3 nitrogen and oxygen atoms in total. The van der Waals surface area contributed by atoms with Crippen LogP contribution in [0.5, 0.6) is 0 Å². The van der Waals surface area contributed by atoms with E-state index >= 15 is 0 Å². The highest BCUT2D eigenvalue weighted by atomic mass is 32.1. The Hall–Kier alpha value is -0.970. The molecule has 4 heteroatoms. The van der Waals surface area contributed by atoms with Crippen LogP contribution in [0.1, 0.15) is 17.8 Å². The molecule has 1 heterocycles. The van der Waals surface area contributed by atoms with Crippen LogP contribution < -0.4 is 5.32 Å². The van der Waals surface area contributed by atoms with Crippen molar-refractivity contribution in [3.05, 3.63) is 29.3 Å². The topological polar surface area (TPSA) is 34.1 Å². The lowest BCUT2D eigenvalue weighted by atomic mass is 9.82. The van der Waals surface area contributed by atoms with Gasteiger partial charge in [0.25, 0.3) is 0 Å². The van der Waals surface area contributed by atoms with Gasteiger partial charge in [-0.2, -0.15) is 0 Å². The van der Waals surface area contributed by atoms with Crippen molar-refractivity contribution in [2.24, 2.45) is 5.92 Å². The van der Waals surface area contributed by atoms with E-state index in [1.54, 1.807) is 11.3 Å². The number of para-hydroxylation sites is 1. The zero-order chi connectivity index (χ0) is 12.4. The number of thiazole rings is 1. The fourth-order valence-electron chi connectivity index (χ4n) is 2.44. The first kappa shape index (κ1) is 12.1. The Balaban J connectivity index is 1.52. The summed E-state index contributed by atoms with van der Waals surface area (Å²) in [5.74, 6) is 0.801. The summed E-state index contributed by atoms with van der Waals surface area (Å²) in [5, 5.41) is 4.31. The minimum atomic E-state index is 0.440. The third kappa shape index (κ3) is 2.55. The van der Waals surface area contributed by atoms with Gasteiger partial charge in [0.1, 0.15) is 5.01 Å². The molecular formula is C14H18N2OS. The second-order valence-corrected chi connectivity index (χ2v) is 6.02. The molecule has 1 aliphatic carbocycles. The lowest BCUT2D eigenvalue weighted by Gasteiger charge is -2.34. The van der Waals surface area contributed by atoms with Gasteiger partial charge in [-0.15, -0.1) is 11.3 Å². The van der Waals surface area contributed by atoms with Gasteiger partial charge >= 0.3 is 0 Å². The maximum atomic E-state index is 5.89. The second kappa shape index (κ2) is 5.34. The summed E-state index contributed by atoms with van der Waals surface area (Å²) in [6, 6.07) is 8.25. The van der Waals surface area contributed by atoms with Crippen LogP contribution in [0, 0.1) is 5.92 Å². The number of ether oxygens (including phenoxy) is 1. The van der Waals surface area contributed by atoms with E-state index in [2.05, 4.69) is 28.5 Å². The van der Waals surface area contributed by atoms with Crippen molar-refractivity contribution in [3.8, 4) is 0 Å². The quantitative estimate of drug-likeness (QED) is 0.899. The van der Waals surface area contributed by atoms with E-state index in [4.69, 9.17) is 4.74 Å². The van der Waals surface area contributed by atoms with Crippen LogP contribution in [0.2, 0.25) is 0 Å². The molecule has 1 saturated carbocycles. The van der Waals surface area contributed by atoms with E-state index in [0.717, 1.165) is 23.0 Å². The number of nitrogens with zero attached hydrogens (tertiary/aromatic N) is 1. The number of fused-ring (bicyclic) bond motifs is 1. The number of nitrogens with one attached hydrogen (secondary N) is 1. The molecule has 1 aromatic heterocycles. The van der Waals surface area contributed by atoms with E-state index in [1.165, 1.54) is 17.5 Å². The van der Waals surface area contributed by atoms with Crippen molar-refractivity contribution < 1.29 is 4.74 Å². The Morgan fingerprint density at radius 3 is 3.00 bits per heavy atom. The Kier molecular flexibility index (Phi) is 3.59. The van der Waals surface area contributed by atoms with Crippen LogP contribution in [0.15, 0.2) is 24.3 Å². The van der Waals surface area contributed by atoms with Crippen LogP contribution in [-0.2, 0) is 11.3 Å². The largest absolute Gasteiger partial charge is 0.371 e. The zero-order valence-corrected chi connectivity index (χ0v) is 11.4. The van der Waals surface area contributed by atoms with Gasteiger partial charge in [0.15, 0.2) is 0 Å². The van der Waals surface area contributed by atoms with Gasteiger partial charge in [0.2, 0.25) is 0 Å². The summed E-state index contributed by atoms with van der Waals surface area (Å²) in [4.78, 5) is 4.58. The second-order valence-electron chi connectivity index (χ2n) is 4.90. The molecule has 18 heavy (non-hydrogen) atoms. The molecule has 2 aromatic rings. The van der Waals surface area contributed by atoms with Crippen molar-refractivity contribution in [1.82, 2.24) is 10.3 Å². The normalized spacial score (nSPS) is 23.2. The third-order valence-electron chi connectivity index (χ3n) is 3.47. The van der Waals surface area contributed by atoms with E-state index in [0.29, 0.717) is 12.7 Å². The smallest absolute Gasteiger partial charge is 0.120 e. The first-order chi connectivity index (χ1) is 8.85. The Morgan fingerprint density at radius 1 is 1.39 bits per heavy atom. The van der Waals surface area contributed by atoms with Gasteiger partial charge in [0, 0.05) is 0 Å². The van der Waals surface area contributed by atoms with Crippen LogP contribution in [0.4, 0.5) is 0 Å². The molecule has 3 rings (SSSR count). The average Bonchev–Trinajstić information content (AvgIpc) is 2.74. The van der Waals surface area contributed by atoms with Crippen LogP contribution in [-0.4, -0.2) is 24.7 Å². The fourth-order valence-corrected chi connectivity index (χ4v) is 3.33. The minimum absolute atomic E-state index is 0.440. The molecule has 1 aromatic carbocycles. The maximum absolute atomic E-state index is 5.89. The van der Waals surface area contributed by atoms with Crippen molar-refractivity contribution >= 4 is 21.6 Å². The standard InChI is InChI=1S/C14H18N2OS/c1-15-8-10-6-11(7-10)17-9-14-16-12-4-2-3-5-13(12)18-14/h2-5,10-11,15H,6-9H2,1H3. The first-order valence-electron chi connectivity index (χ1n) is 6.46. The number of rotatable bonds is 5. The molecule has 1 aliphatic rings. The van der Waals surface area contributed by atoms with Crippen molar-refractivity contribution in [2.45, 2.75) is 25.6 Å². The van der Waals surface area contributed by atoms with Crippen molar-refractivity contribution in [3.63, 3.8) is 0 Å². The highest BCUT2D eigenvalue weighted by molar-refractivity contribution is 7.18. The molecule has 0 aliphatic heterocycles. The summed E-state index contributed by atoms with van der Waals surface area (Å²) >= 11 is 1.74. The zero-order valence-electron chi connectivity index (χ0n) is 10.6. The van der Waals surface area contributed by atoms with Gasteiger partial charge < -0.3 is 10.1 Å². The predicted octanol–water partition coefficient (Wildman–Crippen LogP) is 2.81. The van der Waals surface area contributed by atoms with Gasteiger partial charge in [0.05, 0.1) is 22.9 Å². The van der Waals surface area contributed by atoms with Gasteiger partial charge in [-0.05, 0) is 44.5 Å². The van der Waals surface area contributed by atoms with Gasteiger partial charge in [-0.25, -0.2) is 4.98 Å². The summed E-state index contributed by atoms with van der Waals surface area (Å²) in [6.45, 7) is 1.78. The summed E-state index contributed by atoms with van der Waals surface area (Å²) in [7, 11) is 2.01. The number of benzene rings is 1. The molecule has 96 valence electrons. The molecule has 0 unspecified atom stereocenters. The van der Waals surface area contributed by atoms with Crippen LogP contribution in [0.25, 0.3) is 10.2 Å². The molecule has 0 atom stereocenters. The van der Waals surface area contributed by atoms with Crippen LogP contribution >= 0.6 is 11.3 Å². The van der Waals surface area contributed by atoms with E-state index in [9.17, 15) is 0 Å². The lowest BCUT2D eigenvalue weighted by molar-refractivity contribution is -0.0391. The van der Waals surface area contributed by atoms with E-state index in [-0.39, 0.29) is 0 Å². The fraction of sp³-hybridized carbons (Fsp3) is 0.500. The Morgan fingerprint density at radius 2 is 2.22 bits per heavy atom. The number of hydrogen-bond acceptors (Lipinski definition) is 4. The molecule has 0 bridgehead atoms.